The minimum absolute atomic E-state index is 0.0352. The maximum Gasteiger partial charge on any atom is 0.167 e. The van der Waals surface area contributed by atoms with Gasteiger partial charge in [-0.2, -0.15) is 0 Å². The lowest BCUT2D eigenvalue weighted by Gasteiger charge is -2.34. The van der Waals surface area contributed by atoms with Crippen molar-refractivity contribution in [3.63, 3.8) is 0 Å². The second-order valence-electron chi connectivity index (χ2n) is 4.58. The molecule has 0 amide bonds. The Labute approximate surface area is 92.1 Å². The second-order valence-corrected chi connectivity index (χ2v) is 4.58. The smallest absolute Gasteiger partial charge is 0.167 e. The molecule has 88 valence electrons. The Balaban J connectivity index is 2.49. The highest BCUT2D eigenvalue weighted by Gasteiger charge is 2.37. The first kappa shape index (κ1) is 12.7. The molecule has 0 N–H and O–H groups in total. The lowest BCUT2D eigenvalue weighted by molar-refractivity contribution is -0.152. The molecule has 15 heavy (non-hydrogen) atoms. The van der Waals surface area contributed by atoms with Crippen LogP contribution in [0.1, 0.15) is 39.5 Å². The summed E-state index contributed by atoms with van der Waals surface area (Å²) in [7, 11) is 1.66. The predicted molar refractivity (Wildman–Crippen MR) is 58.9 cm³/mol. The Morgan fingerprint density at radius 2 is 2.27 bits per heavy atom. The zero-order chi connectivity index (χ0) is 11.3. The van der Waals surface area contributed by atoms with Gasteiger partial charge in [0.15, 0.2) is 5.78 Å². The second kappa shape index (κ2) is 5.61. The number of hydrogen-bond acceptors (Lipinski definition) is 3. The van der Waals surface area contributed by atoms with Crippen molar-refractivity contribution in [1.29, 1.82) is 0 Å². The van der Waals surface area contributed by atoms with E-state index in [2.05, 4.69) is 0 Å². The standard InChI is InChI=1S/C12H22O3/c1-10(6-9-14-3)11(13)12(2)7-4-5-8-15-12/h10H,4-9H2,1-3H3. The van der Waals surface area contributed by atoms with Crippen LogP contribution in [0.15, 0.2) is 0 Å². The van der Waals surface area contributed by atoms with Gasteiger partial charge in [0.1, 0.15) is 5.60 Å². The van der Waals surface area contributed by atoms with Crippen molar-refractivity contribution >= 4 is 5.78 Å². The number of hydrogen-bond donors (Lipinski definition) is 0. The molecule has 0 radical (unpaired) electrons. The molecule has 0 aromatic heterocycles. The van der Waals surface area contributed by atoms with Crippen LogP contribution in [0.4, 0.5) is 0 Å². The molecule has 1 rings (SSSR count). The van der Waals surface area contributed by atoms with Crippen molar-refractivity contribution < 1.29 is 14.3 Å². The summed E-state index contributed by atoms with van der Waals surface area (Å²) in [5, 5.41) is 0. The highest BCUT2D eigenvalue weighted by atomic mass is 16.5. The summed E-state index contributed by atoms with van der Waals surface area (Å²) in [6.07, 6.45) is 3.83. The number of carbonyl (C=O) groups excluding carboxylic acids is 1. The molecule has 0 saturated carbocycles. The normalized spacial score (nSPS) is 28.7. The molecule has 0 aromatic rings. The maximum atomic E-state index is 12.1. The van der Waals surface area contributed by atoms with E-state index in [1.165, 1.54) is 0 Å². The Bertz CT molecular complexity index is 207. The van der Waals surface area contributed by atoms with Crippen LogP contribution in [-0.4, -0.2) is 31.7 Å². The van der Waals surface area contributed by atoms with Gasteiger partial charge >= 0.3 is 0 Å². The fourth-order valence-electron chi connectivity index (χ4n) is 2.08. The predicted octanol–water partition coefficient (Wildman–Crippen LogP) is 2.19. The van der Waals surface area contributed by atoms with Gasteiger partial charge in [0.25, 0.3) is 0 Å². The zero-order valence-electron chi connectivity index (χ0n) is 10.0. The van der Waals surface area contributed by atoms with E-state index in [1.54, 1.807) is 7.11 Å². The van der Waals surface area contributed by atoms with Gasteiger partial charge in [-0.3, -0.25) is 4.79 Å². The molecule has 3 nitrogen and oxygen atoms in total. The molecule has 1 aliphatic rings. The summed E-state index contributed by atoms with van der Waals surface area (Å²) in [5.74, 6) is 0.271. The van der Waals surface area contributed by atoms with Crippen LogP contribution >= 0.6 is 0 Å². The largest absolute Gasteiger partial charge is 0.385 e. The molecular weight excluding hydrogens is 192 g/mol. The Morgan fingerprint density at radius 1 is 1.53 bits per heavy atom. The van der Waals surface area contributed by atoms with Crippen molar-refractivity contribution in [3.05, 3.63) is 0 Å². The quantitative estimate of drug-likeness (QED) is 0.703. The molecule has 0 bridgehead atoms. The third kappa shape index (κ3) is 3.28. The third-order valence-electron chi connectivity index (χ3n) is 3.19. The lowest BCUT2D eigenvalue weighted by Crippen LogP contribution is -2.44. The van der Waals surface area contributed by atoms with Gasteiger partial charge in [-0.05, 0) is 32.6 Å². The van der Waals surface area contributed by atoms with E-state index < -0.39 is 5.60 Å². The fourth-order valence-corrected chi connectivity index (χ4v) is 2.08. The van der Waals surface area contributed by atoms with Crippen LogP contribution in [-0.2, 0) is 14.3 Å². The van der Waals surface area contributed by atoms with Gasteiger partial charge in [0.2, 0.25) is 0 Å². The zero-order valence-corrected chi connectivity index (χ0v) is 10.0. The van der Waals surface area contributed by atoms with Gasteiger partial charge < -0.3 is 9.47 Å². The number of ketones is 1. The van der Waals surface area contributed by atoms with Gasteiger partial charge in [-0.1, -0.05) is 6.92 Å². The van der Waals surface area contributed by atoms with Crippen LogP contribution in [0.2, 0.25) is 0 Å². The van der Waals surface area contributed by atoms with E-state index >= 15 is 0 Å². The molecule has 0 spiro atoms. The number of Topliss-reactive ketones (excluding diaryl/α,β-unsaturated/α-hetero) is 1. The van der Waals surface area contributed by atoms with Crippen LogP contribution in [0.5, 0.6) is 0 Å². The molecule has 0 aliphatic carbocycles. The summed E-state index contributed by atoms with van der Waals surface area (Å²) < 4.78 is 10.6. The number of rotatable bonds is 5. The molecule has 3 heteroatoms. The van der Waals surface area contributed by atoms with Crippen molar-refractivity contribution in [2.24, 2.45) is 5.92 Å². The van der Waals surface area contributed by atoms with Crippen LogP contribution in [0, 0.1) is 5.92 Å². The molecule has 2 unspecified atom stereocenters. The highest BCUT2D eigenvalue weighted by Crippen LogP contribution is 2.28. The summed E-state index contributed by atoms with van der Waals surface area (Å²) in [5.41, 5.74) is -0.536. The van der Waals surface area contributed by atoms with E-state index in [9.17, 15) is 4.79 Å². The summed E-state index contributed by atoms with van der Waals surface area (Å²) in [6.45, 7) is 5.25. The fraction of sp³-hybridized carbons (Fsp3) is 0.917. The average molecular weight is 214 g/mol. The summed E-state index contributed by atoms with van der Waals surface area (Å²) >= 11 is 0. The summed E-state index contributed by atoms with van der Waals surface area (Å²) in [6, 6.07) is 0. The number of methoxy groups -OCH3 is 1. The average Bonchev–Trinajstić information content (AvgIpc) is 2.26. The van der Waals surface area contributed by atoms with E-state index in [4.69, 9.17) is 9.47 Å². The molecule has 1 fully saturated rings. The first-order valence-electron chi connectivity index (χ1n) is 5.77. The Kier molecular flexibility index (Phi) is 4.74. The Morgan fingerprint density at radius 3 is 2.80 bits per heavy atom. The third-order valence-corrected chi connectivity index (χ3v) is 3.19. The van der Waals surface area contributed by atoms with Crippen LogP contribution in [0.25, 0.3) is 0 Å². The molecule has 1 heterocycles. The Hall–Kier alpha value is -0.410. The molecule has 1 aliphatic heterocycles. The minimum Gasteiger partial charge on any atom is -0.385 e. The number of carbonyl (C=O) groups is 1. The number of ether oxygens (including phenoxy) is 2. The van der Waals surface area contributed by atoms with E-state index in [0.29, 0.717) is 6.61 Å². The van der Waals surface area contributed by atoms with Crippen LogP contribution in [0.3, 0.4) is 0 Å². The van der Waals surface area contributed by atoms with Crippen molar-refractivity contribution in [2.45, 2.75) is 45.1 Å². The molecule has 1 saturated heterocycles. The minimum atomic E-state index is -0.536. The van der Waals surface area contributed by atoms with E-state index in [-0.39, 0.29) is 11.7 Å². The van der Waals surface area contributed by atoms with Crippen LogP contribution < -0.4 is 0 Å². The molecule has 0 aromatic carbocycles. The monoisotopic (exact) mass is 214 g/mol. The van der Waals surface area contributed by atoms with Gasteiger partial charge in [-0.25, -0.2) is 0 Å². The highest BCUT2D eigenvalue weighted by molar-refractivity contribution is 5.88. The summed E-state index contributed by atoms with van der Waals surface area (Å²) in [4.78, 5) is 12.1. The lowest BCUT2D eigenvalue weighted by atomic mass is 9.84. The van der Waals surface area contributed by atoms with E-state index in [0.717, 1.165) is 32.3 Å². The first-order chi connectivity index (χ1) is 7.10. The molecular formula is C12H22O3. The van der Waals surface area contributed by atoms with Crippen molar-refractivity contribution in [1.82, 2.24) is 0 Å². The maximum absolute atomic E-state index is 12.1. The van der Waals surface area contributed by atoms with Gasteiger partial charge in [0, 0.05) is 26.2 Å². The SMILES string of the molecule is COCCC(C)C(=O)C1(C)CCCCO1. The van der Waals surface area contributed by atoms with Crippen molar-refractivity contribution in [2.75, 3.05) is 20.3 Å². The van der Waals surface area contributed by atoms with Gasteiger partial charge in [0.05, 0.1) is 0 Å². The van der Waals surface area contributed by atoms with Crippen molar-refractivity contribution in [3.8, 4) is 0 Å². The first-order valence-corrected chi connectivity index (χ1v) is 5.77. The topological polar surface area (TPSA) is 35.5 Å². The molecule has 2 atom stereocenters. The van der Waals surface area contributed by atoms with E-state index in [1.807, 2.05) is 13.8 Å². The van der Waals surface area contributed by atoms with Gasteiger partial charge in [-0.15, -0.1) is 0 Å².